The average Bonchev–Trinajstić information content (AvgIpc) is 2.34. The fourth-order valence-electron chi connectivity index (χ4n) is 0.705. The number of alkyl halides is 3. The molecule has 1 heterocycles. The van der Waals surface area contributed by atoms with E-state index in [1.165, 1.54) is 22.8 Å². The van der Waals surface area contributed by atoms with Gasteiger partial charge in [0.05, 0.1) is 0 Å². The van der Waals surface area contributed by atoms with Gasteiger partial charge in [-0.3, -0.25) is 0 Å². The number of aliphatic hydroxyl groups is 1. The second-order valence-corrected chi connectivity index (χ2v) is 4.36. The largest absolute Gasteiger partial charge is 0.378 e. The molecule has 0 radical (unpaired) electrons. The molecule has 1 aromatic rings. The number of hydrogen-bond acceptors (Lipinski definition) is 2. The van der Waals surface area contributed by atoms with E-state index < -0.39 is 10.4 Å². The molecule has 0 bridgehead atoms. The van der Waals surface area contributed by atoms with Gasteiger partial charge < -0.3 is 5.11 Å². The molecule has 1 unspecified atom stereocenters. The van der Waals surface area contributed by atoms with Gasteiger partial charge in [0.1, 0.15) is 0 Å². The van der Waals surface area contributed by atoms with Gasteiger partial charge in [0, 0.05) is 5.56 Å². The fourth-order valence-corrected chi connectivity index (χ4v) is 1.69. The lowest BCUT2D eigenvalue weighted by Crippen LogP contribution is -2.37. The molecule has 1 aromatic heterocycles. The van der Waals surface area contributed by atoms with E-state index in [4.69, 9.17) is 0 Å². The van der Waals surface area contributed by atoms with Crippen LogP contribution in [0.25, 0.3) is 0 Å². The molecule has 0 aromatic carbocycles. The van der Waals surface area contributed by atoms with Gasteiger partial charge in [0.2, 0.25) is 0 Å². The second kappa shape index (κ2) is 3.05. The Morgan fingerprint density at radius 3 is 2.50 bits per heavy atom. The van der Waals surface area contributed by atoms with Crippen molar-refractivity contribution in [1.29, 1.82) is 0 Å². The first-order valence-electron chi connectivity index (χ1n) is 3.17. The zero-order valence-corrected chi connectivity index (χ0v) is 8.62. The first kappa shape index (κ1) is 10.1. The van der Waals surface area contributed by atoms with E-state index in [9.17, 15) is 13.9 Å². The standard InChI is InChI=1S/C7H7BrF2OS/c1-6(11,7(8,9)10)5-2-3-12-4-5/h2-4,11H,1H3. The Hall–Kier alpha value is -0.000000000000000111. The second-order valence-electron chi connectivity index (χ2n) is 2.58. The van der Waals surface area contributed by atoms with E-state index >= 15 is 0 Å². The summed E-state index contributed by atoms with van der Waals surface area (Å²) in [6.45, 7) is 1.07. The van der Waals surface area contributed by atoms with Crippen LogP contribution >= 0.6 is 27.3 Å². The van der Waals surface area contributed by atoms with Gasteiger partial charge in [-0.15, -0.1) is 0 Å². The summed E-state index contributed by atoms with van der Waals surface area (Å²) in [4.78, 5) is -3.30. The van der Waals surface area contributed by atoms with Gasteiger partial charge in [0.15, 0.2) is 5.60 Å². The Labute approximate surface area is 81.2 Å². The van der Waals surface area contributed by atoms with E-state index in [2.05, 4.69) is 15.9 Å². The molecule has 0 amide bonds. The van der Waals surface area contributed by atoms with Crippen molar-refractivity contribution in [2.24, 2.45) is 0 Å². The maximum atomic E-state index is 12.7. The molecule has 0 aliphatic carbocycles. The Kier molecular flexibility index (Phi) is 2.56. The van der Waals surface area contributed by atoms with Crippen LogP contribution in [0.4, 0.5) is 8.78 Å². The van der Waals surface area contributed by atoms with Crippen molar-refractivity contribution in [2.75, 3.05) is 0 Å². The first-order chi connectivity index (χ1) is 5.36. The van der Waals surface area contributed by atoms with Crippen LogP contribution in [0.5, 0.6) is 0 Å². The van der Waals surface area contributed by atoms with E-state index in [0.717, 1.165) is 6.92 Å². The van der Waals surface area contributed by atoms with Crippen molar-refractivity contribution < 1.29 is 13.9 Å². The van der Waals surface area contributed by atoms with Gasteiger partial charge in [-0.05, 0) is 39.7 Å². The maximum absolute atomic E-state index is 12.7. The highest BCUT2D eigenvalue weighted by Gasteiger charge is 2.48. The van der Waals surface area contributed by atoms with Gasteiger partial charge in [-0.2, -0.15) is 20.1 Å². The van der Waals surface area contributed by atoms with Crippen LogP contribution in [-0.4, -0.2) is 9.94 Å². The summed E-state index contributed by atoms with van der Waals surface area (Å²) >= 11 is 3.41. The van der Waals surface area contributed by atoms with E-state index in [-0.39, 0.29) is 5.56 Å². The number of thiophene rings is 1. The molecule has 0 fully saturated rings. The predicted molar refractivity (Wildman–Crippen MR) is 47.8 cm³/mol. The highest BCUT2D eigenvalue weighted by atomic mass is 79.9. The minimum absolute atomic E-state index is 0.217. The molecule has 12 heavy (non-hydrogen) atoms. The normalized spacial score (nSPS) is 17.4. The molecule has 1 rings (SSSR count). The molecular formula is C7H7BrF2OS. The molecule has 1 nitrogen and oxygen atoms in total. The fraction of sp³-hybridized carbons (Fsp3) is 0.429. The Morgan fingerprint density at radius 1 is 1.58 bits per heavy atom. The van der Waals surface area contributed by atoms with Crippen LogP contribution in [0.1, 0.15) is 12.5 Å². The lowest BCUT2D eigenvalue weighted by Gasteiger charge is -2.27. The van der Waals surface area contributed by atoms with E-state index in [1.807, 2.05) is 0 Å². The number of rotatable bonds is 2. The topological polar surface area (TPSA) is 20.2 Å². The minimum Gasteiger partial charge on any atom is -0.378 e. The van der Waals surface area contributed by atoms with Crippen molar-refractivity contribution >= 4 is 27.3 Å². The Bertz CT molecular complexity index is 253. The van der Waals surface area contributed by atoms with Crippen molar-refractivity contribution in [2.45, 2.75) is 17.4 Å². The quantitative estimate of drug-likeness (QED) is 0.807. The Morgan fingerprint density at radius 2 is 2.17 bits per heavy atom. The highest BCUT2D eigenvalue weighted by molar-refractivity contribution is 9.10. The van der Waals surface area contributed by atoms with Crippen LogP contribution in [0, 0.1) is 0 Å². The molecule has 1 atom stereocenters. The van der Waals surface area contributed by atoms with Crippen LogP contribution in [0.2, 0.25) is 0 Å². The summed E-state index contributed by atoms with van der Waals surface area (Å²) in [7, 11) is 0. The molecule has 0 saturated carbocycles. The van der Waals surface area contributed by atoms with E-state index in [1.54, 1.807) is 5.38 Å². The lowest BCUT2D eigenvalue weighted by atomic mass is 10.0. The van der Waals surface area contributed by atoms with Gasteiger partial charge >= 0.3 is 4.83 Å². The third-order valence-electron chi connectivity index (χ3n) is 1.64. The SMILES string of the molecule is CC(O)(c1ccsc1)C(F)(F)Br. The number of hydrogen-bond donors (Lipinski definition) is 1. The van der Waals surface area contributed by atoms with Crippen LogP contribution in [0.15, 0.2) is 16.8 Å². The summed E-state index contributed by atoms with van der Waals surface area (Å²) in [6, 6.07) is 1.47. The van der Waals surface area contributed by atoms with Gasteiger partial charge in [-0.1, -0.05) is 0 Å². The third kappa shape index (κ3) is 1.67. The summed E-state index contributed by atoms with van der Waals surface area (Å²) in [5.74, 6) is 0. The Balaban J connectivity index is 3.02. The molecule has 5 heteroatoms. The lowest BCUT2D eigenvalue weighted by molar-refractivity contribution is -0.108. The van der Waals surface area contributed by atoms with Gasteiger partial charge in [0.25, 0.3) is 0 Å². The summed E-state index contributed by atoms with van der Waals surface area (Å²) < 4.78 is 25.5. The molecule has 0 aliphatic heterocycles. The third-order valence-corrected chi connectivity index (χ3v) is 3.09. The van der Waals surface area contributed by atoms with Crippen molar-refractivity contribution in [3.8, 4) is 0 Å². The average molecular weight is 257 g/mol. The maximum Gasteiger partial charge on any atom is 0.333 e. The smallest absolute Gasteiger partial charge is 0.333 e. The van der Waals surface area contributed by atoms with Crippen molar-refractivity contribution in [3.05, 3.63) is 22.4 Å². The first-order valence-corrected chi connectivity index (χ1v) is 4.91. The monoisotopic (exact) mass is 256 g/mol. The minimum atomic E-state index is -3.30. The number of halogens is 3. The van der Waals surface area contributed by atoms with Crippen molar-refractivity contribution in [3.63, 3.8) is 0 Å². The zero-order valence-electron chi connectivity index (χ0n) is 6.22. The van der Waals surface area contributed by atoms with Crippen LogP contribution in [0.3, 0.4) is 0 Å². The molecular weight excluding hydrogens is 250 g/mol. The van der Waals surface area contributed by atoms with Crippen molar-refractivity contribution in [1.82, 2.24) is 0 Å². The summed E-state index contributed by atoms with van der Waals surface area (Å²) in [6.07, 6.45) is 0. The highest BCUT2D eigenvalue weighted by Crippen LogP contribution is 2.42. The molecule has 0 saturated heterocycles. The summed E-state index contributed by atoms with van der Waals surface area (Å²) in [5, 5.41) is 12.6. The van der Waals surface area contributed by atoms with Crippen LogP contribution in [-0.2, 0) is 5.60 Å². The zero-order chi connectivity index (χ0) is 9.41. The van der Waals surface area contributed by atoms with Gasteiger partial charge in [-0.25, -0.2) is 0 Å². The molecule has 68 valence electrons. The molecule has 1 N–H and O–H groups in total. The summed E-state index contributed by atoms with van der Waals surface area (Å²) in [5.41, 5.74) is -1.93. The van der Waals surface area contributed by atoms with Crippen LogP contribution < -0.4 is 0 Å². The molecule has 0 spiro atoms. The predicted octanol–water partition coefficient (Wildman–Crippen LogP) is 2.94. The molecule has 0 aliphatic rings. The van der Waals surface area contributed by atoms with E-state index in [0.29, 0.717) is 0 Å².